The molecule has 142 valence electrons. The lowest BCUT2D eigenvalue weighted by atomic mass is 9.95. The maximum atomic E-state index is 12.9. The van der Waals surface area contributed by atoms with Crippen molar-refractivity contribution in [3.63, 3.8) is 0 Å². The molecule has 3 heterocycles. The lowest BCUT2D eigenvalue weighted by molar-refractivity contribution is -0.137. The van der Waals surface area contributed by atoms with Gasteiger partial charge < -0.3 is 19.3 Å². The van der Waals surface area contributed by atoms with Crippen LogP contribution in [0.15, 0.2) is 36.5 Å². The Hall–Kier alpha value is -2.83. The van der Waals surface area contributed by atoms with Gasteiger partial charge in [-0.05, 0) is 25.0 Å². The van der Waals surface area contributed by atoms with E-state index in [1.54, 1.807) is 12.3 Å². The van der Waals surface area contributed by atoms with E-state index in [4.69, 9.17) is 9.47 Å². The third-order valence-electron chi connectivity index (χ3n) is 5.01. The van der Waals surface area contributed by atoms with Crippen LogP contribution in [0, 0.1) is 5.92 Å². The molecule has 7 nitrogen and oxygen atoms in total. The molecule has 27 heavy (non-hydrogen) atoms. The number of para-hydroxylation sites is 1. The number of carbonyl (C=O) groups is 1. The Balaban J connectivity index is 1.35. The molecule has 2 aliphatic rings. The number of amides is 1. The van der Waals surface area contributed by atoms with E-state index in [9.17, 15) is 4.79 Å². The molecule has 2 aliphatic heterocycles. The van der Waals surface area contributed by atoms with Crippen LogP contribution < -0.4 is 14.4 Å². The lowest BCUT2D eigenvalue weighted by Crippen LogP contribution is -2.52. The van der Waals surface area contributed by atoms with Gasteiger partial charge in [0.05, 0.1) is 12.5 Å². The van der Waals surface area contributed by atoms with Crippen LogP contribution in [0.25, 0.3) is 0 Å². The van der Waals surface area contributed by atoms with Crippen molar-refractivity contribution in [1.82, 2.24) is 14.9 Å². The maximum Gasteiger partial charge on any atom is 0.229 e. The van der Waals surface area contributed by atoms with Gasteiger partial charge in [-0.1, -0.05) is 18.2 Å². The van der Waals surface area contributed by atoms with E-state index in [1.165, 1.54) is 0 Å². The number of ether oxygens (including phenoxy) is 2. The molecular weight excluding hydrogens is 344 g/mol. The number of fused-ring (bicyclic) bond motifs is 1. The molecule has 1 aromatic heterocycles. The molecule has 1 aromatic carbocycles. The monoisotopic (exact) mass is 368 g/mol. The van der Waals surface area contributed by atoms with Gasteiger partial charge in [-0.3, -0.25) is 4.79 Å². The van der Waals surface area contributed by atoms with Gasteiger partial charge in [-0.25, -0.2) is 4.98 Å². The highest BCUT2D eigenvalue weighted by Gasteiger charge is 2.31. The van der Waals surface area contributed by atoms with Crippen molar-refractivity contribution in [1.29, 1.82) is 0 Å². The number of anilines is 1. The van der Waals surface area contributed by atoms with E-state index >= 15 is 0 Å². The van der Waals surface area contributed by atoms with Crippen LogP contribution in [0.3, 0.4) is 0 Å². The summed E-state index contributed by atoms with van der Waals surface area (Å²) in [5.41, 5.74) is 1.11. The Morgan fingerprint density at radius 3 is 2.85 bits per heavy atom. The molecule has 1 saturated heterocycles. The first-order chi connectivity index (χ1) is 13.2. The van der Waals surface area contributed by atoms with Crippen molar-refractivity contribution in [3.05, 3.63) is 42.1 Å². The first-order valence-electron chi connectivity index (χ1n) is 9.45. The van der Waals surface area contributed by atoms with Gasteiger partial charge in [0.15, 0.2) is 0 Å². The van der Waals surface area contributed by atoms with Gasteiger partial charge in [-0.2, -0.15) is 4.98 Å². The Morgan fingerprint density at radius 1 is 1.22 bits per heavy atom. The molecule has 1 amide bonds. The normalized spacial score (nSPS) is 19.2. The van der Waals surface area contributed by atoms with Crippen LogP contribution in [0.4, 0.5) is 5.95 Å². The second-order valence-electron chi connectivity index (χ2n) is 6.76. The van der Waals surface area contributed by atoms with E-state index in [2.05, 4.69) is 14.9 Å². The zero-order valence-electron chi connectivity index (χ0n) is 15.5. The van der Waals surface area contributed by atoms with Crippen LogP contribution in [-0.4, -0.2) is 60.2 Å². The summed E-state index contributed by atoms with van der Waals surface area (Å²) in [5.74, 6) is 2.21. The number of carbonyl (C=O) groups excluding carboxylic acids is 1. The summed E-state index contributed by atoms with van der Waals surface area (Å²) >= 11 is 0. The Bertz CT molecular complexity index is 805. The summed E-state index contributed by atoms with van der Waals surface area (Å²) in [7, 11) is 0. The van der Waals surface area contributed by atoms with Crippen LogP contribution >= 0.6 is 0 Å². The smallest absolute Gasteiger partial charge is 0.229 e. The van der Waals surface area contributed by atoms with E-state index in [0.29, 0.717) is 51.2 Å². The zero-order valence-corrected chi connectivity index (χ0v) is 15.5. The molecular formula is C20H24N4O3. The van der Waals surface area contributed by atoms with Crippen molar-refractivity contribution >= 4 is 11.9 Å². The highest BCUT2D eigenvalue weighted by molar-refractivity contribution is 5.80. The zero-order chi connectivity index (χ0) is 18.6. The summed E-state index contributed by atoms with van der Waals surface area (Å²) in [4.78, 5) is 25.7. The highest BCUT2D eigenvalue weighted by atomic mass is 16.5. The minimum atomic E-state index is -0.107. The molecule has 2 aromatic rings. The van der Waals surface area contributed by atoms with Crippen molar-refractivity contribution in [2.24, 2.45) is 5.92 Å². The molecule has 1 atom stereocenters. The standard InChI is InChI=1S/C20H24N4O3/c1-2-26-18-7-8-21-20(22-18)24-11-9-23(10-12-24)19(25)16-13-15-5-3-4-6-17(15)27-14-16/h3-8,16H,2,9-14H2,1H3. The Kier molecular flexibility index (Phi) is 5.09. The van der Waals surface area contributed by atoms with Crippen molar-refractivity contribution in [2.45, 2.75) is 13.3 Å². The quantitative estimate of drug-likeness (QED) is 0.819. The molecule has 1 unspecified atom stereocenters. The SMILES string of the molecule is CCOc1ccnc(N2CCN(C(=O)C3COc4ccccc4C3)CC2)n1. The fraction of sp³-hybridized carbons (Fsp3) is 0.450. The number of hydrogen-bond donors (Lipinski definition) is 0. The molecule has 0 saturated carbocycles. The van der Waals surface area contributed by atoms with E-state index < -0.39 is 0 Å². The first-order valence-corrected chi connectivity index (χ1v) is 9.45. The predicted molar refractivity (Wildman–Crippen MR) is 101 cm³/mol. The van der Waals surface area contributed by atoms with Crippen LogP contribution in [0.2, 0.25) is 0 Å². The largest absolute Gasteiger partial charge is 0.492 e. The molecule has 0 aliphatic carbocycles. The number of hydrogen-bond acceptors (Lipinski definition) is 6. The molecule has 7 heteroatoms. The van der Waals surface area contributed by atoms with Crippen LogP contribution in [0.1, 0.15) is 12.5 Å². The van der Waals surface area contributed by atoms with E-state index in [0.717, 1.165) is 17.7 Å². The number of piperazine rings is 1. The molecule has 0 spiro atoms. The summed E-state index contributed by atoms with van der Waals surface area (Å²) in [6.07, 6.45) is 2.45. The van der Waals surface area contributed by atoms with Crippen molar-refractivity contribution in [2.75, 3.05) is 44.3 Å². The van der Waals surface area contributed by atoms with Crippen molar-refractivity contribution < 1.29 is 14.3 Å². The van der Waals surface area contributed by atoms with Gasteiger partial charge in [0.1, 0.15) is 12.4 Å². The Morgan fingerprint density at radius 2 is 2.04 bits per heavy atom. The third kappa shape index (κ3) is 3.82. The minimum Gasteiger partial charge on any atom is -0.492 e. The number of rotatable bonds is 4. The second-order valence-corrected chi connectivity index (χ2v) is 6.76. The summed E-state index contributed by atoms with van der Waals surface area (Å²) < 4.78 is 11.2. The summed E-state index contributed by atoms with van der Waals surface area (Å²) in [6.45, 7) is 5.72. The maximum absolute atomic E-state index is 12.9. The molecule has 0 radical (unpaired) electrons. The molecule has 4 rings (SSSR count). The van der Waals surface area contributed by atoms with E-state index in [1.807, 2.05) is 36.1 Å². The minimum absolute atomic E-state index is 0.107. The number of aromatic nitrogens is 2. The predicted octanol–water partition coefficient (Wildman–Crippen LogP) is 1.78. The fourth-order valence-corrected chi connectivity index (χ4v) is 3.58. The third-order valence-corrected chi connectivity index (χ3v) is 5.01. The molecule has 1 fully saturated rings. The Labute approximate surface area is 158 Å². The van der Waals surface area contributed by atoms with Gasteiger partial charge in [0, 0.05) is 38.4 Å². The summed E-state index contributed by atoms with van der Waals surface area (Å²) in [6, 6.07) is 9.71. The van der Waals surface area contributed by atoms with Crippen molar-refractivity contribution in [3.8, 4) is 11.6 Å². The molecule has 0 N–H and O–H groups in total. The lowest BCUT2D eigenvalue weighted by Gasteiger charge is -2.37. The molecule has 0 bridgehead atoms. The fourth-order valence-electron chi connectivity index (χ4n) is 3.58. The van der Waals surface area contributed by atoms with Gasteiger partial charge in [-0.15, -0.1) is 0 Å². The number of benzene rings is 1. The second kappa shape index (κ2) is 7.82. The van der Waals surface area contributed by atoms with E-state index in [-0.39, 0.29) is 11.8 Å². The number of nitrogens with zero attached hydrogens (tertiary/aromatic N) is 4. The van der Waals surface area contributed by atoms with Crippen LogP contribution in [0.5, 0.6) is 11.6 Å². The average Bonchev–Trinajstić information content (AvgIpc) is 2.73. The van der Waals surface area contributed by atoms with Gasteiger partial charge in [0.2, 0.25) is 17.7 Å². The van der Waals surface area contributed by atoms with Crippen LogP contribution in [-0.2, 0) is 11.2 Å². The average molecular weight is 368 g/mol. The first kappa shape index (κ1) is 17.6. The van der Waals surface area contributed by atoms with Gasteiger partial charge in [0.25, 0.3) is 0 Å². The summed E-state index contributed by atoms with van der Waals surface area (Å²) in [5, 5.41) is 0. The highest BCUT2D eigenvalue weighted by Crippen LogP contribution is 2.28. The van der Waals surface area contributed by atoms with Gasteiger partial charge >= 0.3 is 0 Å². The topological polar surface area (TPSA) is 67.8 Å².